The van der Waals surface area contributed by atoms with Gasteiger partial charge in [0.2, 0.25) is 11.7 Å². The van der Waals surface area contributed by atoms with Gasteiger partial charge in [0.15, 0.2) is 11.4 Å². The first-order chi connectivity index (χ1) is 19.3. The Morgan fingerprint density at radius 2 is 1.77 bits per heavy atom. The number of aromatic hydroxyl groups is 1. The van der Waals surface area contributed by atoms with Crippen LogP contribution in [0.4, 0.5) is 5.69 Å². The van der Waals surface area contributed by atoms with Gasteiger partial charge in [-0.05, 0) is 79.9 Å². The summed E-state index contributed by atoms with van der Waals surface area (Å²) >= 11 is 2.03. The fourth-order valence-corrected chi connectivity index (χ4v) is 7.72. The van der Waals surface area contributed by atoms with Crippen molar-refractivity contribution in [2.24, 2.45) is 17.6 Å². The highest BCUT2D eigenvalue weighted by Crippen LogP contribution is 2.53. The summed E-state index contributed by atoms with van der Waals surface area (Å²) in [6.07, 6.45) is 4.39. The molecule has 2 fully saturated rings. The number of fused-ring (bicyclic) bond motifs is 3. The maximum Gasteiger partial charge on any atom is 0.255 e. The number of primary amides is 1. The molecule has 236 valence electrons. The van der Waals surface area contributed by atoms with E-state index in [4.69, 9.17) is 5.73 Å². The maximum atomic E-state index is 14.0. The summed E-state index contributed by atoms with van der Waals surface area (Å²) in [6, 6.07) is 0.704. The molecular weight excluding hydrogens is 718 g/mol. The van der Waals surface area contributed by atoms with Crippen LogP contribution < -0.4 is 16.4 Å². The van der Waals surface area contributed by atoms with Crippen molar-refractivity contribution in [3.63, 3.8) is 0 Å². The number of aliphatic hydroxyl groups excluding tert-OH is 2. The zero-order valence-corrected chi connectivity index (χ0v) is 27.3. The number of nitrogens with two attached hydrogens (primary N) is 1. The number of amides is 2. The molecule has 0 aromatic heterocycles. The van der Waals surface area contributed by atoms with Crippen LogP contribution in [0, 0.1) is 15.4 Å². The van der Waals surface area contributed by atoms with Crippen LogP contribution in [-0.2, 0) is 25.6 Å². The van der Waals surface area contributed by atoms with Gasteiger partial charge in [-0.15, -0.1) is 24.8 Å². The Hall–Kier alpha value is -2.43. The Balaban J connectivity index is 0.00000253. The van der Waals surface area contributed by atoms with Crippen molar-refractivity contribution < 1.29 is 39.6 Å². The summed E-state index contributed by atoms with van der Waals surface area (Å²) in [5, 5.41) is 51.1. The van der Waals surface area contributed by atoms with Crippen LogP contribution in [-0.4, -0.2) is 87.0 Å². The first-order valence-electron chi connectivity index (χ1n) is 13.5. The number of aliphatic hydroxyl groups is 3. The number of hydrogen-bond donors (Lipinski definition) is 7. The van der Waals surface area contributed by atoms with Gasteiger partial charge in [0.1, 0.15) is 22.8 Å². The maximum absolute atomic E-state index is 14.0. The van der Waals surface area contributed by atoms with E-state index in [2.05, 4.69) is 10.6 Å². The van der Waals surface area contributed by atoms with Gasteiger partial charge in [-0.3, -0.25) is 24.1 Å². The quantitative estimate of drug-likeness (QED) is 0.128. The second-order valence-corrected chi connectivity index (χ2v) is 12.6. The van der Waals surface area contributed by atoms with Gasteiger partial charge in [0.25, 0.3) is 5.91 Å². The molecule has 4 aliphatic carbocycles. The van der Waals surface area contributed by atoms with Crippen LogP contribution in [0.2, 0.25) is 0 Å². The van der Waals surface area contributed by atoms with Crippen LogP contribution >= 0.6 is 47.4 Å². The van der Waals surface area contributed by atoms with Crippen LogP contribution in [0.3, 0.4) is 0 Å². The minimum absolute atomic E-state index is 0. The van der Waals surface area contributed by atoms with E-state index < -0.39 is 63.8 Å². The van der Waals surface area contributed by atoms with E-state index >= 15 is 0 Å². The molecule has 1 aromatic carbocycles. The van der Waals surface area contributed by atoms with Crippen LogP contribution in [0.5, 0.6) is 5.75 Å². The minimum Gasteiger partial charge on any atom is -0.508 e. The number of nitrogens with zero attached hydrogens (tertiary/aromatic N) is 1. The second kappa shape index (κ2) is 12.9. The van der Waals surface area contributed by atoms with E-state index in [0.717, 1.165) is 25.7 Å². The monoisotopic (exact) mass is 752 g/mol. The SMILES string of the molecule is CN(C)[C@@H]1C(=O)C(C(N)=O)=C(O)[C@@]2(O)C(=O)C3=C(O)c4c(O)c(NC(=O)CNC5CCCC5)cc(I)c4CC3CC12.Cl.Cl. The third-order valence-corrected chi connectivity index (χ3v) is 9.81. The van der Waals surface area contributed by atoms with Gasteiger partial charge in [-0.1, -0.05) is 12.8 Å². The normalized spacial score (nSPS) is 26.8. The number of likely N-dealkylation sites (N-methyl/N-ethyl adjacent to an activating group) is 1. The number of phenolic OH excluding ortho intramolecular Hbond substituents is 1. The molecule has 2 unspecified atom stereocenters. The smallest absolute Gasteiger partial charge is 0.255 e. The van der Waals surface area contributed by atoms with E-state index in [1.54, 1.807) is 20.2 Å². The number of benzene rings is 1. The Kier molecular flexibility index (Phi) is 10.5. The van der Waals surface area contributed by atoms with E-state index in [1.807, 2.05) is 22.6 Å². The van der Waals surface area contributed by atoms with E-state index in [9.17, 15) is 39.6 Å². The summed E-state index contributed by atoms with van der Waals surface area (Å²) in [5.74, 6) is -7.54. The summed E-state index contributed by atoms with van der Waals surface area (Å²) < 4.78 is 0.621. The molecule has 0 heterocycles. The highest BCUT2D eigenvalue weighted by molar-refractivity contribution is 14.1. The summed E-state index contributed by atoms with van der Waals surface area (Å²) in [7, 11) is 3.10. The highest BCUT2D eigenvalue weighted by atomic mass is 127. The third kappa shape index (κ3) is 5.63. The number of Topliss-reactive ketones (excluding diaryl/α,β-unsaturated/α-hetero) is 2. The number of phenols is 1. The second-order valence-electron chi connectivity index (χ2n) is 11.5. The topological polar surface area (TPSA) is 203 Å². The van der Waals surface area contributed by atoms with Gasteiger partial charge >= 0.3 is 0 Å². The Morgan fingerprint density at radius 1 is 1.14 bits per heavy atom. The first kappa shape index (κ1) is 35.1. The third-order valence-electron chi connectivity index (χ3n) is 8.85. The number of carbonyl (C=O) groups is 4. The fraction of sp³-hybridized carbons (Fsp3) is 0.500. The molecule has 12 nitrogen and oxygen atoms in total. The molecule has 0 radical (unpaired) electrons. The predicted octanol–water partition coefficient (Wildman–Crippen LogP) is 1.88. The summed E-state index contributed by atoms with van der Waals surface area (Å²) in [4.78, 5) is 53.3. The number of nitrogens with one attached hydrogen (secondary N) is 2. The summed E-state index contributed by atoms with van der Waals surface area (Å²) in [6.45, 7) is 0.0411. The summed E-state index contributed by atoms with van der Waals surface area (Å²) in [5.41, 5.74) is 2.07. The molecule has 2 amide bonds. The lowest BCUT2D eigenvalue weighted by molar-refractivity contribution is -0.153. The first-order valence-corrected chi connectivity index (χ1v) is 14.6. The zero-order chi connectivity index (χ0) is 30.0. The average Bonchev–Trinajstić information content (AvgIpc) is 3.41. The number of carbonyl (C=O) groups excluding carboxylic acids is 4. The number of halogens is 3. The number of hydrogen-bond acceptors (Lipinski definition) is 10. The largest absolute Gasteiger partial charge is 0.508 e. The molecule has 15 heteroatoms. The lowest BCUT2D eigenvalue weighted by Gasteiger charge is -2.50. The highest BCUT2D eigenvalue weighted by Gasteiger charge is 2.64. The van der Waals surface area contributed by atoms with Gasteiger partial charge in [0, 0.05) is 21.1 Å². The molecular formula is C28H35Cl2IN4O8. The van der Waals surface area contributed by atoms with Crippen molar-refractivity contribution >= 4 is 82.2 Å². The average molecular weight is 753 g/mol. The molecule has 0 saturated heterocycles. The molecule has 4 aliphatic rings. The van der Waals surface area contributed by atoms with Crippen molar-refractivity contribution in [2.75, 3.05) is 26.0 Å². The standard InChI is InChI=1S/C28H33IN4O8.2ClH/c1-33(2)21-14-8-11-7-13-15(29)9-16(32-17(34)10-31-12-5-3-4-6-12)22(35)19(13)23(36)18(11)25(38)28(14,41)26(39)20(24(21)37)27(30)40;;/h9,11-12,14,21,31,35-36,39,41H,3-8,10H2,1-2H3,(H2,30,40)(H,32,34);2*1H/t11?,14?,21-,28-;;/m0../s1. The van der Waals surface area contributed by atoms with E-state index in [1.165, 1.54) is 4.90 Å². The molecule has 8 N–H and O–H groups in total. The van der Waals surface area contributed by atoms with Gasteiger partial charge in [0.05, 0.1) is 23.8 Å². The van der Waals surface area contributed by atoms with E-state index in [-0.39, 0.29) is 73.0 Å². The predicted molar refractivity (Wildman–Crippen MR) is 170 cm³/mol. The van der Waals surface area contributed by atoms with Crippen molar-refractivity contribution in [3.8, 4) is 5.75 Å². The Morgan fingerprint density at radius 3 is 2.35 bits per heavy atom. The molecule has 4 atom stereocenters. The van der Waals surface area contributed by atoms with Crippen LogP contribution in [0.25, 0.3) is 5.76 Å². The van der Waals surface area contributed by atoms with E-state index in [0.29, 0.717) is 9.13 Å². The zero-order valence-electron chi connectivity index (χ0n) is 23.5. The number of ketones is 2. The fourth-order valence-electron chi connectivity index (χ4n) is 6.92. The number of anilines is 1. The van der Waals surface area contributed by atoms with Gasteiger partial charge in [-0.25, -0.2) is 0 Å². The molecule has 0 bridgehead atoms. The Labute approximate surface area is 274 Å². The minimum atomic E-state index is -2.70. The molecule has 1 aromatic rings. The van der Waals surface area contributed by atoms with Crippen molar-refractivity contribution in [1.82, 2.24) is 10.2 Å². The van der Waals surface area contributed by atoms with Gasteiger partial charge in [-0.2, -0.15) is 0 Å². The molecule has 2 saturated carbocycles. The Bertz CT molecular complexity index is 1440. The van der Waals surface area contributed by atoms with Crippen molar-refractivity contribution in [2.45, 2.75) is 56.2 Å². The molecule has 43 heavy (non-hydrogen) atoms. The molecule has 0 spiro atoms. The molecule has 0 aliphatic heterocycles. The van der Waals surface area contributed by atoms with Crippen molar-refractivity contribution in [1.29, 1.82) is 0 Å². The molecule has 5 rings (SSSR count). The number of rotatable bonds is 6. The van der Waals surface area contributed by atoms with Crippen molar-refractivity contribution in [3.05, 3.63) is 37.7 Å². The lowest BCUT2D eigenvalue weighted by Crippen LogP contribution is -2.65. The lowest BCUT2D eigenvalue weighted by atomic mass is 9.57. The van der Waals surface area contributed by atoms with Crippen LogP contribution in [0.1, 0.15) is 43.2 Å². The van der Waals surface area contributed by atoms with Gasteiger partial charge < -0.3 is 36.8 Å². The van der Waals surface area contributed by atoms with Crippen LogP contribution in [0.15, 0.2) is 23.0 Å².